The van der Waals surface area contributed by atoms with Crippen LogP contribution in [0.4, 0.5) is 0 Å². The number of primary amides is 1. The van der Waals surface area contributed by atoms with Crippen molar-refractivity contribution in [3.63, 3.8) is 0 Å². The standard InChI is InChI=1S/C12H14N4O2/c13-11(17)7-14-12(18)5-6-16-8-15-9-3-1-2-4-10(9)16/h1-4,8H,5-7H2,(H2,13,17)(H,14,18). The smallest absolute Gasteiger partial charge is 0.236 e. The predicted molar refractivity (Wildman–Crippen MR) is 66.6 cm³/mol. The van der Waals surface area contributed by atoms with E-state index in [2.05, 4.69) is 10.3 Å². The van der Waals surface area contributed by atoms with Crippen LogP contribution in [-0.4, -0.2) is 27.9 Å². The van der Waals surface area contributed by atoms with Gasteiger partial charge in [0.2, 0.25) is 11.8 Å². The topological polar surface area (TPSA) is 90.0 Å². The lowest BCUT2D eigenvalue weighted by atomic mass is 10.3. The van der Waals surface area contributed by atoms with Gasteiger partial charge in [-0.05, 0) is 12.1 Å². The van der Waals surface area contributed by atoms with Gasteiger partial charge < -0.3 is 15.6 Å². The molecule has 3 N–H and O–H groups in total. The number of aryl methyl sites for hydroxylation is 1. The van der Waals surface area contributed by atoms with Crippen LogP contribution in [-0.2, 0) is 16.1 Å². The summed E-state index contributed by atoms with van der Waals surface area (Å²) in [5.74, 6) is -0.747. The van der Waals surface area contributed by atoms with Gasteiger partial charge in [0.15, 0.2) is 0 Å². The molecular weight excluding hydrogens is 232 g/mol. The summed E-state index contributed by atoms with van der Waals surface area (Å²) in [6, 6.07) is 7.70. The molecule has 1 heterocycles. The molecule has 0 aliphatic heterocycles. The maximum atomic E-state index is 11.4. The highest BCUT2D eigenvalue weighted by atomic mass is 16.2. The second kappa shape index (κ2) is 5.31. The number of nitrogens with two attached hydrogens (primary N) is 1. The van der Waals surface area contributed by atoms with Crippen LogP contribution in [0.2, 0.25) is 0 Å². The van der Waals surface area contributed by atoms with Crippen molar-refractivity contribution < 1.29 is 9.59 Å². The largest absolute Gasteiger partial charge is 0.368 e. The van der Waals surface area contributed by atoms with Gasteiger partial charge in [-0.2, -0.15) is 0 Å². The minimum Gasteiger partial charge on any atom is -0.368 e. The van der Waals surface area contributed by atoms with Crippen LogP contribution in [0.3, 0.4) is 0 Å². The molecule has 0 bridgehead atoms. The first-order valence-electron chi connectivity index (χ1n) is 5.61. The molecule has 0 atom stereocenters. The normalized spacial score (nSPS) is 10.4. The predicted octanol–water partition coefficient (Wildman–Crippen LogP) is 0.0279. The summed E-state index contributed by atoms with van der Waals surface area (Å²) in [7, 11) is 0. The Labute approximate surface area is 104 Å². The maximum Gasteiger partial charge on any atom is 0.236 e. The summed E-state index contributed by atoms with van der Waals surface area (Å²) >= 11 is 0. The third kappa shape index (κ3) is 2.85. The Morgan fingerprint density at radius 1 is 1.33 bits per heavy atom. The minimum absolute atomic E-state index is 0.122. The second-order valence-corrected chi connectivity index (χ2v) is 3.92. The Hall–Kier alpha value is -2.37. The van der Waals surface area contributed by atoms with E-state index in [0.717, 1.165) is 11.0 Å². The van der Waals surface area contributed by atoms with Crippen molar-refractivity contribution in [2.45, 2.75) is 13.0 Å². The van der Waals surface area contributed by atoms with Gasteiger partial charge in [-0.15, -0.1) is 0 Å². The van der Waals surface area contributed by atoms with E-state index < -0.39 is 5.91 Å². The third-order valence-corrected chi connectivity index (χ3v) is 2.57. The number of amides is 2. The molecule has 0 saturated carbocycles. The number of carbonyl (C=O) groups excluding carboxylic acids is 2. The lowest BCUT2D eigenvalue weighted by Gasteiger charge is -2.04. The van der Waals surface area contributed by atoms with Crippen LogP contribution >= 0.6 is 0 Å². The second-order valence-electron chi connectivity index (χ2n) is 3.92. The van der Waals surface area contributed by atoms with Crippen LogP contribution in [0.25, 0.3) is 11.0 Å². The quantitative estimate of drug-likeness (QED) is 0.779. The van der Waals surface area contributed by atoms with Gasteiger partial charge in [0.05, 0.1) is 23.9 Å². The number of imidazole rings is 1. The molecule has 1 aromatic heterocycles. The van der Waals surface area contributed by atoms with Crippen molar-refractivity contribution in [2.24, 2.45) is 5.73 Å². The zero-order chi connectivity index (χ0) is 13.0. The fourth-order valence-corrected chi connectivity index (χ4v) is 1.68. The number of hydrogen-bond acceptors (Lipinski definition) is 3. The Morgan fingerprint density at radius 2 is 2.11 bits per heavy atom. The lowest BCUT2D eigenvalue weighted by Crippen LogP contribution is -2.33. The van der Waals surface area contributed by atoms with E-state index in [1.165, 1.54) is 0 Å². The first-order valence-corrected chi connectivity index (χ1v) is 5.61. The molecule has 0 unspecified atom stereocenters. The zero-order valence-electron chi connectivity index (χ0n) is 9.80. The summed E-state index contributed by atoms with van der Waals surface area (Å²) in [6.45, 7) is 0.397. The van der Waals surface area contributed by atoms with E-state index in [0.29, 0.717) is 6.54 Å². The molecule has 2 rings (SSSR count). The molecular formula is C12H14N4O2. The molecule has 0 fully saturated rings. The van der Waals surface area contributed by atoms with Gasteiger partial charge >= 0.3 is 0 Å². The molecule has 18 heavy (non-hydrogen) atoms. The fraction of sp³-hybridized carbons (Fsp3) is 0.250. The van der Waals surface area contributed by atoms with Gasteiger partial charge in [0.25, 0.3) is 0 Å². The zero-order valence-corrected chi connectivity index (χ0v) is 9.80. The minimum atomic E-state index is -0.545. The maximum absolute atomic E-state index is 11.4. The van der Waals surface area contributed by atoms with E-state index in [-0.39, 0.29) is 18.9 Å². The number of nitrogens with zero attached hydrogens (tertiary/aromatic N) is 2. The average Bonchev–Trinajstić information content (AvgIpc) is 2.77. The number of nitrogens with one attached hydrogen (secondary N) is 1. The van der Waals surface area contributed by atoms with E-state index in [1.54, 1.807) is 6.33 Å². The molecule has 2 aromatic rings. The van der Waals surface area contributed by atoms with Crippen molar-refractivity contribution in [3.8, 4) is 0 Å². The van der Waals surface area contributed by atoms with E-state index in [9.17, 15) is 9.59 Å². The average molecular weight is 246 g/mol. The molecule has 0 saturated heterocycles. The van der Waals surface area contributed by atoms with Gasteiger partial charge in [0, 0.05) is 13.0 Å². The summed E-state index contributed by atoms with van der Waals surface area (Å²) in [5.41, 5.74) is 6.82. The molecule has 6 nitrogen and oxygen atoms in total. The monoisotopic (exact) mass is 246 g/mol. The Balaban J connectivity index is 1.94. The number of rotatable bonds is 5. The summed E-state index contributed by atoms with van der Waals surface area (Å²) in [5, 5.41) is 2.45. The van der Waals surface area contributed by atoms with E-state index in [4.69, 9.17) is 5.73 Å². The van der Waals surface area contributed by atoms with Crippen molar-refractivity contribution in [1.82, 2.24) is 14.9 Å². The fourth-order valence-electron chi connectivity index (χ4n) is 1.68. The molecule has 6 heteroatoms. The summed E-state index contributed by atoms with van der Waals surface area (Å²) in [6.07, 6.45) is 1.99. The Morgan fingerprint density at radius 3 is 2.89 bits per heavy atom. The highest BCUT2D eigenvalue weighted by Crippen LogP contribution is 2.11. The van der Waals surface area contributed by atoms with Crippen LogP contribution in [0.1, 0.15) is 6.42 Å². The van der Waals surface area contributed by atoms with Crippen molar-refractivity contribution >= 4 is 22.8 Å². The summed E-state index contributed by atoms with van der Waals surface area (Å²) < 4.78 is 1.90. The first kappa shape index (κ1) is 12.1. The molecule has 0 spiro atoms. The molecule has 94 valence electrons. The molecule has 2 amide bonds. The molecule has 1 aromatic carbocycles. The van der Waals surface area contributed by atoms with Crippen molar-refractivity contribution in [2.75, 3.05) is 6.54 Å². The number of fused-ring (bicyclic) bond motifs is 1. The molecule has 0 aliphatic carbocycles. The van der Waals surface area contributed by atoms with Gasteiger partial charge in [-0.3, -0.25) is 9.59 Å². The Kier molecular flexibility index (Phi) is 3.57. The van der Waals surface area contributed by atoms with Gasteiger partial charge in [-0.1, -0.05) is 12.1 Å². The number of benzene rings is 1. The summed E-state index contributed by atoms with van der Waals surface area (Å²) in [4.78, 5) is 26.2. The highest BCUT2D eigenvalue weighted by molar-refractivity contribution is 5.83. The number of hydrogen-bond donors (Lipinski definition) is 2. The number of aromatic nitrogens is 2. The van der Waals surface area contributed by atoms with Crippen molar-refractivity contribution in [3.05, 3.63) is 30.6 Å². The van der Waals surface area contributed by atoms with Gasteiger partial charge in [0.1, 0.15) is 0 Å². The van der Waals surface area contributed by atoms with E-state index >= 15 is 0 Å². The van der Waals surface area contributed by atoms with Crippen LogP contribution in [0, 0.1) is 0 Å². The number of para-hydroxylation sites is 2. The van der Waals surface area contributed by atoms with Crippen LogP contribution < -0.4 is 11.1 Å². The third-order valence-electron chi connectivity index (χ3n) is 2.57. The first-order chi connectivity index (χ1) is 8.66. The van der Waals surface area contributed by atoms with Crippen molar-refractivity contribution in [1.29, 1.82) is 0 Å². The van der Waals surface area contributed by atoms with Gasteiger partial charge in [-0.25, -0.2) is 4.98 Å². The lowest BCUT2D eigenvalue weighted by molar-refractivity contribution is -0.124. The molecule has 0 radical (unpaired) electrons. The van der Waals surface area contributed by atoms with E-state index in [1.807, 2.05) is 28.8 Å². The number of carbonyl (C=O) groups is 2. The SMILES string of the molecule is NC(=O)CNC(=O)CCn1cnc2ccccc21. The molecule has 0 aliphatic rings. The Bertz CT molecular complexity index is 576. The highest BCUT2D eigenvalue weighted by Gasteiger charge is 2.05. The van der Waals surface area contributed by atoms with Crippen LogP contribution in [0.5, 0.6) is 0 Å². The van der Waals surface area contributed by atoms with Crippen LogP contribution in [0.15, 0.2) is 30.6 Å².